The average Bonchev–Trinajstić information content (AvgIpc) is 2.91. The molecule has 1 aliphatic heterocycles. The highest BCUT2D eigenvalue weighted by Gasteiger charge is 2.29. The number of hydrogen-bond donors (Lipinski definition) is 1. The van der Waals surface area contributed by atoms with E-state index >= 15 is 0 Å². The number of carbonyl (C=O) groups is 2. The number of carbonyl (C=O) groups excluding carboxylic acids is 2. The minimum Gasteiger partial charge on any atom is -0.457 e. The molecule has 1 N–H and O–H groups in total. The Bertz CT molecular complexity index is 1420. The maximum Gasteiger partial charge on any atom is 0.225 e. The first kappa shape index (κ1) is 25.5. The maximum atomic E-state index is 13.5. The molecule has 0 bridgehead atoms. The molecule has 5 rings (SSSR count). The van der Waals surface area contributed by atoms with E-state index in [2.05, 4.69) is 38.2 Å². The summed E-state index contributed by atoms with van der Waals surface area (Å²) in [5.74, 6) is 1.56. The van der Waals surface area contributed by atoms with Crippen molar-refractivity contribution >= 4 is 17.4 Å². The number of Topliss-reactive ketones (excluding diaryl/α,β-unsaturated/α-hetero) is 1. The van der Waals surface area contributed by atoms with Crippen LogP contribution < -0.4 is 10.1 Å². The van der Waals surface area contributed by atoms with Gasteiger partial charge in [0.2, 0.25) is 5.91 Å². The van der Waals surface area contributed by atoms with Gasteiger partial charge in [-0.1, -0.05) is 99.6 Å². The zero-order valence-electron chi connectivity index (χ0n) is 22.2. The number of anilines is 1. The Hall–Kier alpha value is -4.18. The summed E-state index contributed by atoms with van der Waals surface area (Å²) in [6, 6.07) is 31.4. The van der Waals surface area contributed by atoms with Gasteiger partial charge in [0.05, 0.1) is 0 Å². The second-order valence-electron chi connectivity index (χ2n) is 10.9. The van der Waals surface area contributed by atoms with E-state index in [-0.39, 0.29) is 23.0 Å². The Labute approximate surface area is 224 Å². The SMILES string of the molecule is CC(C)(C)c1ccc(CCC(=O)c2ccccc2)cc1NC(=O)CC1c2ccccc2Oc2ccccc21. The van der Waals surface area contributed by atoms with E-state index in [9.17, 15) is 9.59 Å². The first-order chi connectivity index (χ1) is 18.3. The molecule has 1 aliphatic rings. The number of nitrogens with one attached hydrogen (secondary N) is 1. The van der Waals surface area contributed by atoms with E-state index in [0.29, 0.717) is 19.3 Å². The van der Waals surface area contributed by atoms with E-state index in [1.165, 1.54) is 0 Å². The van der Waals surface area contributed by atoms with Gasteiger partial charge in [0.25, 0.3) is 0 Å². The number of amides is 1. The number of ether oxygens (including phenoxy) is 1. The summed E-state index contributed by atoms with van der Waals surface area (Å²) in [4.78, 5) is 26.2. The number of ketones is 1. The largest absolute Gasteiger partial charge is 0.457 e. The van der Waals surface area contributed by atoms with Crippen molar-refractivity contribution in [3.63, 3.8) is 0 Å². The van der Waals surface area contributed by atoms with E-state index in [1.54, 1.807) is 0 Å². The van der Waals surface area contributed by atoms with Crippen molar-refractivity contribution in [1.29, 1.82) is 0 Å². The molecule has 192 valence electrons. The molecule has 4 aromatic carbocycles. The number of fused-ring (bicyclic) bond motifs is 2. The third kappa shape index (κ3) is 5.55. The number of para-hydroxylation sites is 2. The first-order valence-electron chi connectivity index (χ1n) is 13.2. The molecule has 0 unspecified atom stereocenters. The molecule has 1 amide bonds. The van der Waals surface area contributed by atoms with Gasteiger partial charge in [0.1, 0.15) is 11.5 Å². The smallest absolute Gasteiger partial charge is 0.225 e. The molecule has 0 spiro atoms. The summed E-state index contributed by atoms with van der Waals surface area (Å²) in [6.45, 7) is 6.42. The fourth-order valence-electron chi connectivity index (χ4n) is 5.15. The molecule has 0 saturated heterocycles. The van der Waals surface area contributed by atoms with Crippen molar-refractivity contribution in [1.82, 2.24) is 0 Å². The van der Waals surface area contributed by atoms with Gasteiger partial charge in [-0.2, -0.15) is 0 Å². The van der Waals surface area contributed by atoms with Crippen LogP contribution in [0.15, 0.2) is 97.1 Å². The Morgan fingerprint density at radius 3 is 2.03 bits per heavy atom. The van der Waals surface area contributed by atoms with Crippen molar-refractivity contribution in [3.8, 4) is 11.5 Å². The maximum absolute atomic E-state index is 13.5. The Morgan fingerprint density at radius 2 is 1.39 bits per heavy atom. The summed E-state index contributed by atoms with van der Waals surface area (Å²) in [7, 11) is 0. The van der Waals surface area contributed by atoms with Gasteiger partial charge in [-0.15, -0.1) is 0 Å². The first-order valence-corrected chi connectivity index (χ1v) is 13.2. The molecule has 4 nitrogen and oxygen atoms in total. The molecule has 0 atom stereocenters. The highest BCUT2D eigenvalue weighted by atomic mass is 16.5. The van der Waals surface area contributed by atoms with Gasteiger partial charge in [-0.05, 0) is 41.2 Å². The fourth-order valence-corrected chi connectivity index (χ4v) is 5.15. The number of benzene rings is 4. The minimum absolute atomic E-state index is 0.0514. The second-order valence-corrected chi connectivity index (χ2v) is 10.9. The van der Waals surface area contributed by atoms with Gasteiger partial charge < -0.3 is 10.1 Å². The topological polar surface area (TPSA) is 55.4 Å². The van der Waals surface area contributed by atoms with Crippen molar-refractivity contribution in [2.75, 3.05) is 5.32 Å². The van der Waals surface area contributed by atoms with Crippen molar-refractivity contribution in [2.24, 2.45) is 0 Å². The highest BCUT2D eigenvalue weighted by Crippen LogP contribution is 2.45. The van der Waals surface area contributed by atoms with E-state index in [0.717, 1.165) is 45.0 Å². The van der Waals surface area contributed by atoms with Crippen LogP contribution in [0, 0.1) is 0 Å². The predicted octanol–water partition coefficient (Wildman–Crippen LogP) is 8.07. The molecule has 4 aromatic rings. The van der Waals surface area contributed by atoms with Crippen LogP contribution in [0.25, 0.3) is 0 Å². The van der Waals surface area contributed by atoms with Crippen LogP contribution in [-0.4, -0.2) is 11.7 Å². The quantitative estimate of drug-likeness (QED) is 0.260. The van der Waals surface area contributed by atoms with E-state index < -0.39 is 0 Å². The average molecular weight is 504 g/mol. The molecular weight excluding hydrogens is 470 g/mol. The zero-order valence-corrected chi connectivity index (χ0v) is 22.2. The molecule has 0 fully saturated rings. The van der Waals surface area contributed by atoms with Gasteiger partial charge in [0.15, 0.2) is 5.78 Å². The van der Waals surface area contributed by atoms with Crippen LogP contribution >= 0.6 is 0 Å². The lowest BCUT2D eigenvalue weighted by molar-refractivity contribution is -0.116. The monoisotopic (exact) mass is 503 g/mol. The van der Waals surface area contributed by atoms with E-state index in [1.807, 2.05) is 84.9 Å². The lowest BCUT2D eigenvalue weighted by atomic mass is 9.84. The lowest BCUT2D eigenvalue weighted by Crippen LogP contribution is -2.22. The molecule has 0 aliphatic carbocycles. The fraction of sp³-hybridized carbons (Fsp3) is 0.235. The third-order valence-corrected chi connectivity index (χ3v) is 7.10. The van der Waals surface area contributed by atoms with Crippen LogP contribution in [0.5, 0.6) is 11.5 Å². The summed E-state index contributed by atoms with van der Waals surface area (Å²) in [6.07, 6.45) is 1.33. The molecule has 0 saturated carbocycles. The van der Waals surface area contributed by atoms with Crippen LogP contribution in [-0.2, 0) is 16.6 Å². The van der Waals surface area contributed by atoms with Gasteiger partial charge >= 0.3 is 0 Å². The van der Waals surface area contributed by atoms with Crippen molar-refractivity contribution in [2.45, 2.75) is 51.4 Å². The summed E-state index contributed by atoms with van der Waals surface area (Å²) >= 11 is 0. The third-order valence-electron chi connectivity index (χ3n) is 7.10. The number of hydrogen-bond acceptors (Lipinski definition) is 3. The molecule has 38 heavy (non-hydrogen) atoms. The van der Waals surface area contributed by atoms with Gasteiger partial charge in [-0.3, -0.25) is 9.59 Å². The highest BCUT2D eigenvalue weighted by molar-refractivity contribution is 5.96. The molecule has 0 aromatic heterocycles. The van der Waals surface area contributed by atoms with Gasteiger partial charge in [-0.25, -0.2) is 0 Å². The van der Waals surface area contributed by atoms with Crippen LogP contribution in [0.1, 0.15) is 72.1 Å². The molecule has 4 heteroatoms. The molecule has 1 heterocycles. The van der Waals surface area contributed by atoms with Crippen LogP contribution in [0.3, 0.4) is 0 Å². The molecule has 0 radical (unpaired) electrons. The molecular formula is C34H33NO3. The van der Waals surface area contributed by atoms with Gasteiger partial charge in [0, 0.05) is 41.1 Å². The lowest BCUT2D eigenvalue weighted by Gasteiger charge is -2.28. The zero-order chi connectivity index (χ0) is 26.7. The summed E-state index contributed by atoms with van der Waals surface area (Å²) in [5.41, 5.74) is 5.51. The standard InChI is InChI=1S/C34H33NO3/c1-34(2,3)28-19-17-23(18-20-30(36)24-11-5-4-6-12-24)21-29(28)35-33(37)22-27-25-13-7-9-15-31(25)38-32-16-10-8-14-26(27)32/h4-17,19,21,27H,18,20,22H2,1-3H3,(H,35,37). The van der Waals surface area contributed by atoms with Crippen molar-refractivity contribution < 1.29 is 14.3 Å². The Balaban J connectivity index is 1.37. The van der Waals surface area contributed by atoms with E-state index in [4.69, 9.17) is 4.74 Å². The van der Waals surface area contributed by atoms with Crippen LogP contribution in [0.4, 0.5) is 5.69 Å². The second kappa shape index (κ2) is 10.7. The van der Waals surface area contributed by atoms with Crippen molar-refractivity contribution in [3.05, 3.63) is 125 Å². The number of aryl methyl sites for hydroxylation is 1. The number of rotatable bonds is 7. The predicted molar refractivity (Wildman–Crippen MR) is 152 cm³/mol. The normalized spacial score (nSPS) is 12.7. The summed E-state index contributed by atoms with van der Waals surface area (Å²) in [5, 5.41) is 3.22. The Kier molecular flexibility index (Phi) is 7.15. The minimum atomic E-state index is -0.154. The Morgan fingerprint density at radius 1 is 0.789 bits per heavy atom. The van der Waals surface area contributed by atoms with Crippen LogP contribution in [0.2, 0.25) is 0 Å². The summed E-state index contributed by atoms with van der Waals surface area (Å²) < 4.78 is 6.11.